The van der Waals surface area contributed by atoms with Crippen molar-refractivity contribution in [1.29, 1.82) is 0 Å². The molecule has 2 heterocycles. The SMILES string of the molecule is CCC1CN(C(=O)c2cn[nH]n2)CCC1=O. The molecule has 86 valence electrons. The molecule has 1 aliphatic heterocycles. The molecule has 0 spiro atoms. The van der Waals surface area contributed by atoms with Gasteiger partial charge in [-0.2, -0.15) is 15.4 Å². The molecule has 1 aromatic heterocycles. The zero-order valence-corrected chi connectivity index (χ0v) is 9.14. The molecule has 6 heteroatoms. The van der Waals surface area contributed by atoms with Crippen molar-refractivity contribution in [3.63, 3.8) is 0 Å². The van der Waals surface area contributed by atoms with E-state index in [-0.39, 0.29) is 17.6 Å². The Balaban J connectivity index is 2.06. The number of ketones is 1. The molecule has 1 N–H and O–H groups in total. The largest absolute Gasteiger partial charge is 0.336 e. The molecule has 2 rings (SSSR count). The smallest absolute Gasteiger partial charge is 0.276 e. The number of piperidine rings is 1. The molecule has 1 aliphatic rings. The third-order valence-corrected chi connectivity index (χ3v) is 2.94. The number of rotatable bonds is 2. The van der Waals surface area contributed by atoms with Crippen LogP contribution < -0.4 is 0 Å². The van der Waals surface area contributed by atoms with Gasteiger partial charge in [0.15, 0.2) is 5.69 Å². The first-order valence-electron chi connectivity index (χ1n) is 5.40. The lowest BCUT2D eigenvalue weighted by Crippen LogP contribution is -2.44. The Morgan fingerprint density at radius 2 is 2.50 bits per heavy atom. The Morgan fingerprint density at radius 1 is 1.69 bits per heavy atom. The molecule has 1 saturated heterocycles. The Bertz CT molecular complexity index is 388. The van der Waals surface area contributed by atoms with Crippen LogP contribution in [-0.4, -0.2) is 45.1 Å². The third kappa shape index (κ3) is 1.95. The predicted molar refractivity (Wildman–Crippen MR) is 55.7 cm³/mol. The molecule has 0 radical (unpaired) electrons. The van der Waals surface area contributed by atoms with E-state index in [1.807, 2.05) is 6.92 Å². The number of H-pyrrole nitrogens is 1. The van der Waals surface area contributed by atoms with E-state index >= 15 is 0 Å². The standard InChI is InChI=1S/C10H14N4O2/c1-2-7-6-14(4-3-9(7)15)10(16)8-5-11-13-12-8/h5,7H,2-4,6H2,1H3,(H,11,12,13). The summed E-state index contributed by atoms with van der Waals surface area (Å²) in [7, 11) is 0. The van der Waals surface area contributed by atoms with E-state index in [9.17, 15) is 9.59 Å². The van der Waals surface area contributed by atoms with Crippen LogP contribution in [0.5, 0.6) is 0 Å². The summed E-state index contributed by atoms with van der Waals surface area (Å²) in [6.07, 6.45) is 2.63. The van der Waals surface area contributed by atoms with Crippen LogP contribution in [0, 0.1) is 5.92 Å². The summed E-state index contributed by atoms with van der Waals surface area (Å²) in [4.78, 5) is 25.1. The lowest BCUT2D eigenvalue weighted by atomic mass is 9.94. The summed E-state index contributed by atoms with van der Waals surface area (Å²) < 4.78 is 0. The summed E-state index contributed by atoms with van der Waals surface area (Å²) in [5.41, 5.74) is 0.309. The Labute approximate surface area is 93.0 Å². The maximum Gasteiger partial charge on any atom is 0.276 e. The number of Topliss-reactive ketones (excluding diaryl/α,β-unsaturated/α-hetero) is 1. The highest BCUT2D eigenvalue weighted by molar-refractivity contribution is 5.93. The summed E-state index contributed by atoms with van der Waals surface area (Å²) in [5, 5.41) is 9.76. The number of nitrogens with one attached hydrogen (secondary N) is 1. The van der Waals surface area contributed by atoms with Gasteiger partial charge in [-0.15, -0.1) is 0 Å². The Morgan fingerprint density at radius 3 is 3.12 bits per heavy atom. The second kappa shape index (κ2) is 4.42. The van der Waals surface area contributed by atoms with Crippen molar-refractivity contribution < 1.29 is 9.59 Å². The maximum atomic E-state index is 11.9. The zero-order chi connectivity index (χ0) is 11.5. The van der Waals surface area contributed by atoms with Crippen LogP contribution in [0.4, 0.5) is 0 Å². The highest BCUT2D eigenvalue weighted by Gasteiger charge is 2.29. The van der Waals surface area contributed by atoms with Crippen LogP contribution in [0.1, 0.15) is 30.3 Å². The molecule has 1 unspecified atom stereocenters. The third-order valence-electron chi connectivity index (χ3n) is 2.94. The number of carbonyl (C=O) groups excluding carboxylic acids is 2. The minimum absolute atomic E-state index is 0.0235. The quantitative estimate of drug-likeness (QED) is 0.777. The fourth-order valence-corrected chi connectivity index (χ4v) is 1.92. The minimum Gasteiger partial charge on any atom is -0.336 e. The van der Waals surface area contributed by atoms with Gasteiger partial charge in [-0.25, -0.2) is 0 Å². The van der Waals surface area contributed by atoms with E-state index in [4.69, 9.17) is 0 Å². The molecule has 0 aliphatic carbocycles. The average Bonchev–Trinajstić information content (AvgIpc) is 2.82. The Kier molecular flexibility index (Phi) is 2.98. The molecule has 1 aromatic rings. The topological polar surface area (TPSA) is 79.0 Å². The van der Waals surface area contributed by atoms with Gasteiger partial charge in [0.1, 0.15) is 5.78 Å². The first-order chi connectivity index (χ1) is 7.72. The molecule has 0 bridgehead atoms. The fraction of sp³-hybridized carbons (Fsp3) is 0.600. The summed E-state index contributed by atoms with van der Waals surface area (Å²) in [6, 6.07) is 0. The van der Waals surface area contributed by atoms with E-state index < -0.39 is 0 Å². The van der Waals surface area contributed by atoms with Gasteiger partial charge in [-0.1, -0.05) is 6.92 Å². The minimum atomic E-state index is -0.153. The van der Waals surface area contributed by atoms with Crippen molar-refractivity contribution >= 4 is 11.7 Å². The predicted octanol–water partition coefficient (Wildman–Crippen LogP) is 0.246. The number of hydrogen-bond acceptors (Lipinski definition) is 4. The van der Waals surface area contributed by atoms with Crippen molar-refractivity contribution in [1.82, 2.24) is 20.3 Å². The van der Waals surface area contributed by atoms with Crippen LogP contribution in [0.15, 0.2) is 6.20 Å². The molecule has 0 saturated carbocycles. The van der Waals surface area contributed by atoms with Gasteiger partial charge in [0.25, 0.3) is 5.91 Å². The van der Waals surface area contributed by atoms with Gasteiger partial charge in [0, 0.05) is 25.4 Å². The van der Waals surface area contributed by atoms with Crippen molar-refractivity contribution in [2.45, 2.75) is 19.8 Å². The summed E-state index contributed by atoms with van der Waals surface area (Å²) in [6.45, 7) is 2.95. The van der Waals surface area contributed by atoms with Crippen LogP contribution in [0.25, 0.3) is 0 Å². The molecule has 6 nitrogen and oxygen atoms in total. The van der Waals surface area contributed by atoms with E-state index in [1.54, 1.807) is 4.90 Å². The van der Waals surface area contributed by atoms with Crippen LogP contribution in [-0.2, 0) is 4.79 Å². The molecule has 1 fully saturated rings. The Hall–Kier alpha value is -1.72. The van der Waals surface area contributed by atoms with Crippen LogP contribution in [0.3, 0.4) is 0 Å². The van der Waals surface area contributed by atoms with E-state index in [0.717, 1.165) is 6.42 Å². The summed E-state index contributed by atoms with van der Waals surface area (Å²) in [5.74, 6) is 0.0796. The van der Waals surface area contributed by atoms with Gasteiger partial charge in [-0.3, -0.25) is 9.59 Å². The molecular weight excluding hydrogens is 208 g/mol. The first kappa shape index (κ1) is 10.8. The van der Waals surface area contributed by atoms with Crippen molar-refractivity contribution in [3.8, 4) is 0 Å². The highest BCUT2D eigenvalue weighted by Crippen LogP contribution is 2.17. The van der Waals surface area contributed by atoms with Gasteiger partial charge < -0.3 is 4.90 Å². The number of carbonyl (C=O) groups is 2. The van der Waals surface area contributed by atoms with E-state index in [0.29, 0.717) is 25.2 Å². The van der Waals surface area contributed by atoms with Crippen molar-refractivity contribution in [2.24, 2.45) is 5.92 Å². The number of hydrogen-bond donors (Lipinski definition) is 1. The second-order valence-electron chi connectivity index (χ2n) is 3.93. The zero-order valence-electron chi connectivity index (χ0n) is 9.14. The average molecular weight is 222 g/mol. The molecule has 1 atom stereocenters. The van der Waals surface area contributed by atoms with E-state index in [1.165, 1.54) is 6.20 Å². The molecule has 0 aromatic carbocycles. The van der Waals surface area contributed by atoms with Gasteiger partial charge in [0.05, 0.1) is 6.20 Å². The lowest BCUT2D eigenvalue weighted by Gasteiger charge is -2.30. The van der Waals surface area contributed by atoms with Gasteiger partial charge in [-0.05, 0) is 6.42 Å². The second-order valence-corrected chi connectivity index (χ2v) is 3.93. The lowest BCUT2D eigenvalue weighted by molar-refractivity contribution is -0.125. The maximum absolute atomic E-state index is 11.9. The van der Waals surface area contributed by atoms with Gasteiger partial charge >= 0.3 is 0 Å². The van der Waals surface area contributed by atoms with Crippen LogP contribution >= 0.6 is 0 Å². The number of likely N-dealkylation sites (tertiary alicyclic amines) is 1. The molecule has 16 heavy (non-hydrogen) atoms. The first-order valence-corrected chi connectivity index (χ1v) is 5.40. The number of aromatic amines is 1. The molecular formula is C10H14N4O2. The number of amides is 1. The fourth-order valence-electron chi connectivity index (χ4n) is 1.92. The normalized spacial score (nSPS) is 21.2. The number of nitrogens with zero attached hydrogens (tertiary/aromatic N) is 3. The summed E-state index contributed by atoms with van der Waals surface area (Å²) >= 11 is 0. The highest BCUT2D eigenvalue weighted by atomic mass is 16.2. The van der Waals surface area contributed by atoms with Gasteiger partial charge in [0.2, 0.25) is 0 Å². The monoisotopic (exact) mass is 222 g/mol. The van der Waals surface area contributed by atoms with Crippen molar-refractivity contribution in [2.75, 3.05) is 13.1 Å². The van der Waals surface area contributed by atoms with Crippen molar-refractivity contribution in [3.05, 3.63) is 11.9 Å². The number of aromatic nitrogens is 3. The molecule has 1 amide bonds. The van der Waals surface area contributed by atoms with E-state index in [2.05, 4.69) is 15.4 Å². The van der Waals surface area contributed by atoms with Crippen LogP contribution in [0.2, 0.25) is 0 Å².